The summed E-state index contributed by atoms with van der Waals surface area (Å²) in [6.45, 7) is 0. The smallest absolute Gasteiger partial charge is 0.149 e. The molecule has 1 nitrogen and oxygen atoms in total. The van der Waals surface area contributed by atoms with E-state index in [1.165, 1.54) is 0 Å². The minimum absolute atomic E-state index is 0.791. The number of benzene rings is 2. The maximum absolute atomic E-state index is 6.11. The second-order valence-electron chi connectivity index (χ2n) is 4.49. The van der Waals surface area contributed by atoms with Crippen LogP contribution in [0.15, 0.2) is 69.6 Å². The summed E-state index contributed by atoms with van der Waals surface area (Å²) in [5, 5.41) is 0. The molecule has 0 unspecified atom stereocenters. The number of halogens is 2. The molecule has 0 radical (unpaired) electrons. The summed E-state index contributed by atoms with van der Waals surface area (Å²) in [7, 11) is 0. The molecule has 21 heavy (non-hydrogen) atoms. The second kappa shape index (κ2) is 6.42. The van der Waals surface area contributed by atoms with E-state index in [0.717, 1.165) is 35.2 Å². The van der Waals surface area contributed by atoms with Crippen molar-refractivity contribution in [2.75, 3.05) is 0 Å². The molecular formula is C17H10BrIOS. The van der Waals surface area contributed by atoms with Crippen molar-refractivity contribution in [3.05, 3.63) is 73.2 Å². The highest BCUT2D eigenvalue weighted by molar-refractivity contribution is 14.1. The highest BCUT2D eigenvalue weighted by Crippen LogP contribution is 2.32. The quantitative estimate of drug-likeness (QED) is 0.306. The fourth-order valence-corrected chi connectivity index (χ4v) is 3.05. The molecule has 1 aromatic heterocycles. The Labute approximate surface area is 150 Å². The lowest BCUT2D eigenvalue weighted by Crippen LogP contribution is -1.87. The van der Waals surface area contributed by atoms with Gasteiger partial charge in [-0.2, -0.15) is 0 Å². The van der Waals surface area contributed by atoms with E-state index in [1.54, 1.807) is 0 Å². The van der Waals surface area contributed by atoms with Gasteiger partial charge in [-0.1, -0.05) is 70.6 Å². The summed E-state index contributed by atoms with van der Waals surface area (Å²) in [5.74, 6) is 1.60. The highest BCUT2D eigenvalue weighted by atomic mass is 127. The summed E-state index contributed by atoms with van der Waals surface area (Å²) in [5.41, 5.74) is 2.05. The molecule has 0 aliphatic carbocycles. The molecule has 3 rings (SSSR count). The van der Waals surface area contributed by atoms with Crippen LogP contribution in [-0.2, 0) is 0 Å². The van der Waals surface area contributed by atoms with Crippen molar-refractivity contribution in [2.24, 2.45) is 0 Å². The number of rotatable bonds is 2. The number of hydrogen-bond acceptors (Lipinski definition) is 2. The molecule has 1 heterocycles. The average Bonchev–Trinajstić information content (AvgIpc) is 2.52. The zero-order chi connectivity index (χ0) is 14.8. The van der Waals surface area contributed by atoms with Gasteiger partial charge in [0, 0.05) is 21.7 Å². The zero-order valence-electron chi connectivity index (χ0n) is 10.8. The van der Waals surface area contributed by atoms with E-state index in [9.17, 15) is 0 Å². The van der Waals surface area contributed by atoms with Gasteiger partial charge in [-0.05, 0) is 34.7 Å². The second-order valence-corrected chi connectivity index (χ2v) is 6.93. The van der Waals surface area contributed by atoms with Gasteiger partial charge >= 0.3 is 0 Å². The maximum atomic E-state index is 6.11. The first-order valence-corrected chi connectivity index (χ1v) is 8.58. The molecule has 0 atom stereocenters. The van der Waals surface area contributed by atoms with E-state index >= 15 is 0 Å². The normalized spacial score (nSPS) is 10.6. The molecule has 0 saturated heterocycles. The van der Waals surface area contributed by atoms with Crippen molar-refractivity contribution < 1.29 is 4.42 Å². The molecule has 0 aliphatic heterocycles. The van der Waals surface area contributed by atoms with Crippen LogP contribution in [0.2, 0.25) is 0 Å². The Balaban J connectivity index is 2.19. The van der Waals surface area contributed by atoms with Gasteiger partial charge in [0.05, 0.1) is 8.08 Å². The topological polar surface area (TPSA) is 13.1 Å². The van der Waals surface area contributed by atoms with Gasteiger partial charge in [0.1, 0.15) is 11.5 Å². The van der Waals surface area contributed by atoms with E-state index in [1.807, 2.05) is 60.7 Å². The number of hydrogen-bond donors (Lipinski definition) is 0. The van der Waals surface area contributed by atoms with Crippen LogP contribution in [0.3, 0.4) is 0 Å². The van der Waals surface area contributed by atoms with Crippen LogP contribution in [0, 0.1) is 8.08 Å². The van der Waals surface area contributed by atoms with Gasteiger partial charge in [0.25, 0.3) is 0 Å². The van der Waals surface area contributed by atoms with Crippen LogP contribution < -0.4 is 0 Å². The van der Waals surface area contributed by atoms with E-state index in [2.05, 4.69) is 38.5 Å². The first-order chi connectivity index (χ1) is 10.1. The van der Waals surface area contributed by atoms with Gasteiger partial charge in [0.2, 0.25) is 0 Å². The lowest BCUT2D eigenvalue weighted by atomic mass is 10.1. The first kappa shape index (κ1) is 14.9. The van der Waals surface area contributed by atoms with Crippen LogP contribution >= 0.6 is 50.7 Å². The third kappa shape index (κ3) is 3.27. The minimum atomic E-state index is 0.791. The van der Waals surface area contributed by atoms with Gasteiger partial charge in [0.15, 0.2) is 0 Å². The Morgan fingerprint density at radius 3 is 2.24 bits per heavy atom. The summed E-state index contributed by atoms with van der Waals surface area (Å²) >= 11 is 11.2. The highest BCUT2D eigenvalue weighted by Gasteiger charge is 2.11. The van der Waals surface area contributed by atoms with Crippen molar-refractivity contribution in [3.63, 3.8) is 0 Å². The lowest BCUT2D eigenvalue weighted by molar-refractivity contribution is 0.577. The summed E-state index contributed by atoms with van der Waals surface area (Å²) in [6, 6.07) is 20.0. The summed E-state index contributed by atoms with van der Waals surface area (Å²) < 4.78 is 8.92. The molecule has 104 valence electrons. The fourth-order valence-electron chi connectivity index (χ4n) is 2.01. The van der Waals surface area contributed by atoms with Crippen LogP contribution in [0.5, 0.6) is 0 Å². The van der Waals surface area contributed by atoms with Crippen molar-refractivity contribution in [3.8, 4) is 22.6 Å². The molecule has 4 heteroatoms. The first-order valence-electron chi connectivity index (χ1n) is 6.30. The Morgan fingerprint density at radius 2 is 1.57 bits per heavy atom. The average molecular weight is 469 g/mol. The fraction of sp³-hybridized carbons (Fsp3) is 0. The minimum Gasteiger partial charge on any atom is -0.455 e. The molecule has 2 aromatic carbocycles. The maximum Gasteiger partial charge on any atom is 0.149 e. The Morgan fingerprint density at radius 1 is 0.905 bits per heavy atom. The molecule has 0 N–H and O–H groups in total. The van der Waals surface area contributed by atoms with Gasteiger partial charge in [-0.15, -0.1) is 0 Å². The SMILES string of the molecule is S=c1cc(-c2ccccc2)oc(-c2ccc(Br)cc2)c1I. The summed E-state index contributed by atoms with van der Waals surface area (Å²) in [6.07, 6.45) is 0. The monoisotopic (exact) mass is 468 g/mol. The standard InChI is InChI=1S/C17H10BrIOS/c18-13-8-6-12(7-9-13)17-16(19)15(21)10-14(20-17)11-4-2-1-3-5-11/h1-10H. The molecule has 0 spiro atoms. The molecule has 0 aliphatic rings. The predicted octanol–water partition coefficient (Wildman–Crippen LogP) is 6.71. The lowest BCUT2D eigenvalue weighted by Gasteiger charge is -2.08. The van der Waals surface area contributed by atoms with E-state index in [4.69, 9.17) is 16.6 Å². The van der Waals surface area contributed by atoms with Crippen molar-refractivity contribution in [2.45, 2.75) is 0 Å². The molecule has 0 bridgehead atoms. The largest absolute Gasteiger partial charge is 0.455 e. The predicted molar refractivity (Wildman–Crippen MR) is 101 cm³/mol. The Hall–Kier alpha value is -0.980. The molecule has 0 saturated carbocycles. The van der Waals surface area contributed by atoms with Crippen molar-refractivity contribution in [1.82, 2.24) is 0 Å². The third-order valence-corrected chi connectivity index (χ3v) is 5.34. The third-order valence-electron chi connectivity index (χ3n) is 3.05. The molecular weight excluding hydrogens is 459 g/mol. The van der Waals surface area contributed by atoms with E-state index in [-0.39, 0.29) is 0 Å². The molecule has 0 fully saturated rings. The Kier molecular flexibility index (Phi) is 4.57. The molecule has 0 amide bonds. The van der Waals surface area contributed by atoms with Gasteiger partial charge in [-0.3, -0.25) is 0 Å². The van der Waals surface area contributed by atoms with Gasteiger partial charge in [-0.25, -0.2) is 0 Å². The van der Waals surface area contributed by atoms with Crippen LogP contribution in [-0.4, -0.2) is 0 Å². The molecule has 3 aromatic rings. The van der Waals surface area contributed by atoms with Crippen molar-refractivity contribution >= 4 is 50.7 Å². The van der Waals surface area contributed by atoms with Crippen molar-refractivity contribution in [1.29, 1.82) is 0 Å². The Bertz CT molecular complexity index is 826. The van der Waals surface area contributed by atoms with Crippen LogP contribution in [0.4, 0.5) is 0 Å². The van der Waals surface area contributed by atoms with E-state index in [0.29, 0.717) is 0 Å². The zero-order valence-corrected chi connectivity index (χ0v) is 15.4. The summed E-state index contributed by atoms with van der Waals surface area (Å²) in [4.78, 5) is 0. The van der Waals surface area contributed by atoms with Crippen LogP contribution in [0.1, 0.15) is 0 Å². The van der Waals surface area contributed by atoms with Gasteiger partial charge < -0.3 is 4.42 Å². The van der Waals surface area contributed by atoms with E-state index < -0.39 is 0 Å². The van der Waals surface area contributed by atoms with Crippen LogP contribution in [0.25, 0.3) is 22.6 Å².